The molecule has 0 unspecified atom stereocenters. The van der Waals surface area contributed by atoms with Crippen LogP contribution in [0, 0.1) is 5.92 Å². The van der Waals surface area contributed by atoms with Gasteiger partial charge in [-0.25, -0.2) is 0 Å². The highest BCUT2D eigenvalue weighted by molar-refractivity contribution is 5.83. The second kappa shape index (κ2) is 12.1. The maximum absolute atomic E-state index is 13.1. The lowest BCUT2D eigenvalue weighted by Crippen LogP contribution is -2.32. The molecule has 3 rings (SSSR count). The lowest BCUT2D eigenvalue weighted by Gasteiger charge is -2.25. The lowest BCUT2D eigenvalue weighted by atomic mass is 9.96. The standard InChI is InChI=1S/C30H34F3NO2/c1-21(2)20-23-10-12-24(13-11-23)22(3)29(35)34(4)19-18-28(25-8-6-5-7-9-25)36-27-16-14-26(15-17-27)30(31,32)33/h5-17,21-22,28H,18-20H2,1-4H3/t22-,28-/m0/s1. The summed E-state index contributed by atoms with van der Waals surface area (Å²) < 4.78 is 44.8. The summed E-state index contributed by atoms with van der Waals surface area (Å²) in [6.45, 7) is 6.70. The van der Waals surface area contributed by atoms with Crippen molar-refractivity contribution in [1.82, 2.24) is 4.90 Å². The third-order valence-corrected chi connectivity index (χ3v) is 6.23. The summed E-state index contributed by atoms with van der Waals surface area (Å²) in [5, 5.41) is 0. The van der Waals surface area contributed by atoms with E-state index in [1.807, 2.05) is 49.4 Å². The first-order chi connectivity index (χ1) is 17.0. The molecular formula is C30H34F3NO2. The predicted molar refractivity (Wildman–Crippen MR) is 137 cm³/mol. The molecule has 6 heteroatoms. The average Bonchev–Trinajstić information content (AvgIpc) is 2.86. The van der Waals surface area contributed by atoms with Crippen LogP contribution in [0.4, 0.5) is 13.2 Å². The molecule has 0 aromatic heterocycles. The minimum atomic E-state index is -4.40. The van der Waals surface area contributed by atoms with Gasteiger partial charge in [-0.05, 0) is 60.2 Å². The Hall–Kier alpha value is -3.28. The number of nitrogens with zero attached hydrogens (tertiary/aromatic N) is 1. The topological polar surface area (TPSA) is 29.5 Å². The van der Waals surface area contributed by atoms with Gasteiger partial charge in [-0.15, -0.1) is 0 Å². The second-order valence-corrected chi connectivity index (χ2v) is 9.65. The van der Waals surface area contributed by atoms with Crippen LogP contribution in [0.5, 0.6) is 5.75 Å². The van der Waals surface area contributed by atoms with Gasteiger partial charge in [0.1, 0.15) is 11.9 Å². The smallest absolute Gasteiger partial charge is 0.416 e. The molecule has 0 aliphatic heterocycles. The van der Waals surface area contributed by atoms with Gasteiger partial charge in [0.25, 0.3) is 0 Å². The molecule has 0 fully saturated rings. The van der Waals surface area contributed by atoms with E-state index in [0.717, 1.165) is 29.7 Å². The van der Waals surface area contributed by atoms with E-state index in [1.165, 1.54) is 17.7 Å². The van der Waals surface area contributed by atoms with Crippen LogP contribution in [0.3, 0.4) is 0 Å². The van der Waals surface area contributed by atoms with E-state index < -0.39 is 17.8 Å². The van der Waals surface area contributed by atoms with Gasteiger partial charge in [-0.3, -0.25) is 4.79 Å². The van der Waals surface area contributed by atoms with Crippen LogP contribution >= 0.6 is 0 Å². The van der Waals surface area contributed by atoms with Crippen molar-refractivity contribution in [2.24, 2.45) is 5.92 Å². The number of hydrogen-bond donors (Lipinski definition) is 0. The minimum absolute atomic E-state index is 0.00736. The fourth-order valence-corrected chi connectivity index (χ4v) is 4.16. The number of rotatable bonds is 10. The van der Waals surface area contributed by atoms with E-state index in [1.54, 1.807) is 11.9 Å². The van der Waals surface area contributed by atoms with Crippen LogP contribution in [0.25, 0.3) is 0 Å². The number of carbonyl (C=O) groups is 1. The number of hydrogen-bond acceptors (Lipinski definition) is 2. The number of carbonyl (C=O) groups excluding carboxylic acids is 1. The molecule has 0 spiro atoms. The Bertz CT molecular complexity index is 1090. The van der Waals surface area contributed by atoms with Crippen LogP contribution in [-0.4, -0.2) is 24.4 Å². The molecule has 1 amide bonds. The molecule has 3 aromatic rings. The zero-order chi connectivity index (χ0) is 26.3. The monoisotopic (exact) mass is 497 g/mol. The summed E-state index contributed by atoms with van der Waals surface area (Å²) in [6, 6.07) is 22.4. The Morgan fingerprint density at radius 1 is 0.861 bits per heavy atom. The van der Waals surface area contributed by atoms with Gasteiger partial charge in [-0.2, -0.15) is 13.2 Å². The van der Waals surface area contributed by atoms with Crippen LogP contribution in [0.2, 0.25) is 0 Å². The van der Waals surface area contributed by atoms with Gasteiger partial charge in [0.2, 0.25) is 5.91 Å². The van der Waals surface area contributed by atoms with Crippen molar-refractivity contribution in [2.75, 3.05) is 13.6 Å². The van der Waals surface area contributed by atoms with Crippen molar-refractivity contribution >= 4 is 5.91 Å². The molecular weight excluding hydrogens is 463 g/mol. The van der Waals surface area contributed by atoms with Gasteiger partial charge in [0.15, 0.2) is 0 Å². The van der Waals surface area contributed by atoms with Crippen LogP contribution in [0.15, 0.2) is 78.9 Å². The summed E-state index contributed by atoms with van der Waals surface area (Å²) >= 11 is 0. The van der Waals surface area contributed by atoms with E-state index in [2.05, 4.69) is 26.0 Å². The third kappa shape index (κ3) is 7.61. The van der Waals surface area contributed by atoms with E-state index in [0.29, 0.717) is 24.6 Å². The number of alkyl halides is 3. The Morgan fingerprint density at radius 2 is 1.47 bits per heavy atom. The number of amides is 1. The first-order valence-corrected chi connectivity index (χ1v) is 12.3. The van der Waals surface area contributed by atoms with Crippen LogP contribution in [-0.2, 0) is 17.4 Å². The highest BCUT2D eigenvalue weighted by Gasteiger charge is 2.30. The molecule has 192 valence electrons. The molecule has 0 aliphatic carbocycles. The molecule has 0 bridgehead atoms. The zero-order valence-corrected chi connectivity index (χ0v) is 21.3. The highest BCUT2D eigenvalue weighted by atomic mass is 19.4. The number of halogens is 3. The van der Waals surface area contributed by atoms with Crippen LogP contribution in [0.1, 0.15) is 61.5 Å². The average molecular weight is 498 g/mol. The summed E-state index contributed by atoms with van der Waals surface area (Å²) in [6.07, 6.45) is -3.31. The first kappa shape index (κ1) is 27.3. The summed E-state index contributed by atoms with van der Waals surface area (Å²) in [5.41, 5.74) is 2.41. The molecule has 0 aliphatic rings. The van der Waals surface area contributed by atoms with Crippen molar-refractivity contribution in [3.63, 3.8) is 0 Å². The van der Waals surface area contributed by atoms with Gasteiger partial charge >= 0.3 is 6.18 Å². The molecule has 36 heavy (non-hydrogen) atoms. The van der Waals surface area contributed by atoms with Gasteiger partial charge in [0, 0.05) is 20.0 Å². The molecule has 0 saturated heterocycles. The van der Waals surface area contributed by atoms with E-state index >= 15 is 0 Å². The molecule has 3 nitrogen and oxygen atoms in total. The van der Waals surface area contributed by atoms with Gasteiger partial charge < -0.3 is 9.64 Å². The van der Waals surface area contributed by atoms with Crippen molar-refractivity contribution in [3.8, 4) is 5.75 Å². The molecule has 2 atom stereocenters. The number of ether oxygens (including phenoxy) is 1. The molecule has 0 saturated carbocycles. The third-order valence-electron chi connectivity index (χ3n) is 6.23. The predicted octanol–water partition coefficient (Wildman–Crippen LogP) is 7.68. The van der Waals surface area contributed by atoms with Crippen molar-refractivity contribution in [3.05, 3.63) is 101 Å². The maximum Gasteiger partial charge on any atom is 0.416 e. The van der Waals surface area contributed by atoms with Crippen molar-refractivity contribution in [1.29, 1.82) is 0 Å². The number of likely N-dealkylation sites (N-methyl/N-ethyl adjacent to an activating group) is 1. The van der Waals surface area contributed by atoms with E-state index in [9.17, 15) is 18.0 Å². The SMILES string of the molecule is CC(C)Cc1ccc([C@H](C)C(=O)N(C)CC[C@H](Oc2ccc(C(F)(F)F)cc2)c2ccccc2)cc1. The zero-order valence-electron chi connectivity index (χ0n) is 21.3. The lowest BCUT2D eigenvalue weighted by molar-refractivity contribution is -0.137. The normalized spacial score (nSPS) is 13.3. The molecule has 0 N–H and O–H groups in total. The summed E-state index contributed by atoms with van der Waals surface area (Å²) in [4.78, 5) is 14.8. The highest BCUT2D eigenvalue weighted by Crippen LogP contribution is 2.32. The molecule has 3 aromatic carbocycles. The fourth-order valence-electron chi connectivity index (χ4n) is 4.16. The Labute approximate surface area is 211 Å². The van der Waals surface area contributed by atoms with Crippen molar-refractivity contribution < 1.29 is 22.7 Å². The van der Waals surface area contributed by atoms with Gasteiger partial charge in [-0.1, -0.05) is 68.4 Å². The molecule has 0 radical (unpaired) electrons. The number of benzene rings is 3. The Morgan fingerprint density at radius 3 is 2.03 bits per heavy atom. The maximum atomic E-state index is 13.1. The largest absolute Gasteiger partial charge is 0.486 e. The van der Waals surface area contributed by atoms with Gasteiger partial charge in [0.05, 0.1) is 11.5 Å². The summed E-state index contributed by atoms with van der Waals surface area (Å²) in [5.74, 6) is 0.645. The van der Waals surface area contributed by atoms with Crippen molar-refractivity contribution in [2.45, 2.75) is 51.8 Å². The molecule has 0 heterocycles. The minimum Gasteiger partial charge on any atom is -0.486 e. The van der Waals surface area contributed by atoms with Crippen LogP contribution < -0.4 is 4.74 Å². The quantitative estimate of drug-likeness (QED) is 0.288. The first-order valence-electron chi connectivity index (χ1n) is 12.3. The fraction of sp³-hybridized carbons (Fsp3) is 0.367. The Kier molecular flexibility index (Phi) is 9.19. The second-order valence-electron chi connectivity index (χ2n) is 9.65. The van der Waals surface area contributed by atoms with E-state index in [4.69, 9.17) is 4.74 Å². The Balaban J connectivity index is 1.66. The summed E-state index contributed by atoms with van der Waals surface area (Å²) in [7, 11) is 1.77. The van der Waals surface area contributed by atoms with E-state index in [-0.39, 0.29) is 11.8 Å².